The number of aliphatic hydroxyl groups is 2. The molecule has 1 spiro atoms. The molecule has 2 aliphatic heterocycles. The lowest BCUT2D eigenvalue weighted by atomic mass is 9.51. The quantitative estimate of drug-likeness (QED) is 0.222. The maximum atomic E-state index is 13.0. The van der Waals surface area contributed by atoms with E-state index in [1.54, 1.807) is 13.0 Å². The fourth-order valence-corrected chi connectivity index (χ4v) is 7.16. The Labute approximate surface area is 228 Å². The van der Waals surface area contributed by atoms with E-state index in [4.69, 9.17) is 23.7 Å². The van der Waals surface area contributed by atoms with Gasteiger partial charge in [-0.1, -0.05) is 19.4 Å². The number of fused-ring (bicyclic) bond motifs is 1. The average Bonchev–Trinajstić information content (AvgIpc) is 3.40. The molecule has 218 valence electrons. The first-order chi connectivity index (χ1) is 18.0. The molecule has 1 saturated carbocycles. The Morgan fingerprint density at radius 1 is 1.08 bits per heavy atom. The molecule has 39 heavy (non-hydrogen) atoms. The van der Waals surface area contributed by atoms with Gasteiger partial charge in [0, 0.05) is 32.6 Å². The predicted molar refractivity (Wildman–Crippen MR) is 134 cm³/mol. The molecule has 3 fully saturated rings. The minimum atomic E-state index is -1.96. The molecule has 1 unspecified atom stereocenters. The van der Waals surface area contributed by atoms with Crippen LogP contribution in [0.5, 0.6) is 0 Å². The molecule has 0 radical (unpaired) electrons. The SMILES string of the molecule is CCCC(=O)O[C@@H]1CC/C(C)=C\[C@@H]2OC(=O)[C@]3(C)O[C@]23C(OC(C)=O)[C@H]2[C@](C)(O)[C@H](O)C[C@H](OC(C)=O)[C@]12C. The first-order valence-electron chi connectivity index (χ1n) is 13.6. The summed E-state index contributed by atoms with van der Waals surface area (Å²) in [5.74, 6) is -3.70. The second-order valence-electron chi connectivity index (χ2n) is 12.0. The molecule has 0 aromatic carbocycles. The van der Waals surface area contributed by atoms with Crippen molar-refractivity contribution < 1.29 is 53.1 Å². The van der Waals surface area contributed by atoms with E-state index in [1.807, 2.05) is 13.8 Å². The number of hydrogen-bond acceptors (Lipinski definition) is 11. The van der Waals surface area contributed by atoms with E-state index in [2.05, 4.69) is 0 Å². The minimum absolute atomic E-state index is 0.145. The monoisotopic (exact) mass is 552 g/mol. The minimum Gasteiger partial charge on any atom is -0.462 e. The first kappa shape index (κ1) is 29.5. The molecule has 2 N–H and O–H groups in total. The molecule has 11 heteroatoms. The molecule has 11 nitrogen and oxygen atoms in total. The molecule has 4 rings (SSSR count). The van der Waals surface area contributed by atoms with E-state index >= 15 is 0 Å². The Bertz CT molecular complexity index is 1080. The summed E-state index contributed by atoms with van der Waals surface area (Å²) in [4.78, 5) is 50.8. The highest BCUT2D eigenvalue weighted by Gasteiger charge is 2.88. The van der Waals surface area contributed by atoms with Crippen molar-refractivity contribution in [1.82, 2.24) is 0 Å². The van der Waals surface area contributed by atoms with Crippen LogP contribution in [0.3, 0.4) is 0 Å². The molecule has 10 atom stereocenters. The summed E-state index contributed by atoms with van der Waals surface area (Å²) in [5, 5.41) is 23.2. The number of carbonyl (C=O) groups excluding carboxylic acids is 4. The molecular weight excluding hydrogens is 512 g/mol. The van der Waals surface area contributed by atoms with Gasteiger partial charge in [0.2, 0.25) is 0 Å². The predicted octanol–water partition coefficient (Wildman–Crippen LogP) is 1.89. The summed E-state index contributed by atoms with van der Waals surface area (Å²) in [7, 11) is 0. The van der Waals surface area contributed by atoms with E-state index in [9.17, 15) is 29.4 Å². The molecule has 0 aromatic heterocycles. The summed E-state index contributed by atoms with van der Waals surface area (Å²) in [6, 6.07) is 0. The van der Waals surface area contributed by atoms with Gasteiger partial charge in [0.25, 0.3) is 0 Å². The number of aliphatic hydroxyl groups excluding tert-OH is 1. The summed E-state index contributed by atoms with van der Waals surface area (Å²) in [5.41, 5.74) is -5.58. The third-order valence-corrected chi connectivity index (χ3v) is 9.21. The zero-order valence-electron chi connectivity index (χ0n) is 23.6. The molecule has 0 amide bonds. The Morgan fingerprint density at radius 3 is 2.28 bits per heavy atom. The lowest BCUT2D eigenvalue weighted by molar-refractivity contribution is -0.274. The molecule has 2 saturated heterocycles. The van der Waals surface area contributed by atoms with Crippen LogP contribution in [0.15, 0.2) is 11.6 Å². The van der Waals surface area contributed by atoms with Crippen molar-refractivity contribution in [2.24, 2.45) is 11.3 Å². The molecule has 4 aliphatic rings. The Hall–Kier alpha value is -2.50. The van der Waals surface area contributed by atoms with E-state index in [0.29, 0.717) is 12.8 Å². The van der Waals surface area contributed by atoms with Crippen molar-refractivity contribution >= 4 is 23.9 Å². The highest BCUT2D eigenvalue weighted by atomic mass is 16.7. The van der Waals surface area contributed by atoms with Crippen LogP contribution in [0.2, 0.25) is 0 Å². The number of carbonyl (C=O) groups is 4. The van der Waals surface area contributed by atoms with Gasteiger partial charge in [-0.05, 0) is 46.1 Å². The van der Waals surface area contributed by atoms with E-state index < -0.39 is 82.5 Å². The van der Waals surface area contributed by atoms with Gasteiger partial charge in [0.05, 0.1) is 17.1 Å². The highest BCUT2D eigenvalue weighted by molar-refractivity contribution is 5.89. The second kappa shape index (κ2) is 9.85. The van der Waals surface area contributed by atoms with Gasteiger partial charge in [-0.25, -0.2) is 4.79 Å². The maximum absolute atomic E-state index is 13.0. The second-order valence-corrected chi connectivity index (χ2v) is 12.0. The number of allylic oxidation sites excluding steroid dienone is 1. The fraction of sp³-hybridized carbons (Fsp3) is 0.786. The number of epoxide rings is 1. The molecule has 2 aliphatic carbocycles. The van der Waals surface area contributed by atoms with Crippen molar-refractivity contribution in [3.63, 3.8) is 0 Å². The molecular formula is C28H40O11. The maximum Gasteiger partial charge on any atom is 0.342 e. The van der Waals surface area contributed by atoms with Crippen LogP contribution in [0.1, 0.15) is 80.6 Å². The number of rotatable bonds is 5. The fourth-order valence-electron chi connectivity index (χ4n) is 7.16. The normalized spacial score (nSPS) is 46.3. The topological polar surface area (TPSA) is 158 Å². The van der Waals surface area contributed by atoms with E-state index in [-0.39, 0.29) is 19.3 Å². The van der Waals surface area contributed by atoms with Crippen LogP contribution in [0.4, 0.5) is 0 Å². The number of ether oxygens (including phenoxy) is 5. The third-order valence-electron chi connectivity index (χ3n) is 9.21. The van der Waals surface area contributed by atoms with Gasteiger partial charge < -0.3 is 33.9 Å². The zero-order chi connectivity index (χ0) is 29.1. The molecule has 2 heterocycles. The standard InChI is InChI=1S/C28H40O11/c1-8-9-21(32)37-18-11-10-14(2)12-20-28(27(7,39-28)24(33)38-20)23(36-16(4)30)22-25(18,5)19(35-15(3)29)13-17(31)26(22,6)34/h12,17-20,22-23,31,34H,8-11,13H2,1-7H3/b14-12-/t17-,18-,19+,20+,22-,23?,25+,26-,27+,28+/m1/s1. The number of esters is 4. The van der Waals surface area contributed by atoms with Crippen LogP contribution in [0, 0.1) is 11.3 Å². The van der Waals surface area contributed by atoms with E-state index in [1.165, 1.54) is 27.7 Å². The van der Waals surface area contributed by atoms with Crippen LogP contribution >= 0.6 is 0 Å². The van der Waals surface area contributed by atoms with Crippen LogP contribution < -0.4 is 0 Å². The summed E-state index contributed by atoms with van der Waals surface area (Å²) >= 11 is 0. The van der Waals surface area contributed by atoms with Crippen molar-refractivity contribution in [2.75, 3.05) is 0 Å². The van der Waals surface area contributed by atoms with Crippen molar-refractivity contribution in [3.05, 3.63) is 11.6 Å². The Balaban J connectivity index is 2.01. The van der Waals surface area contributed by atoms with E-state index in [0.717, 1.165) is 5.57 Å². The van der Waals surface area contributed by atoms with Gasteiger partial charge in [-0.2, -0.15) is 0 Å². The summed E-state index contributed by atoms with van der Waals surface area (Å²) in [6.07, 6.45) is -2.77. The Kier molecular flexibility index (Phi) is 7.45. The van der Waals surface area contributed by atoms with Crippen molar-refractivity contribution in [3.8, 4) is 0 Å². The van der Waals surface area contributed by atoms with Crippen LogP contribution in [-0.4, -0.2) is 81.4 Å². The Morgan fingerprint density at radius 2 is 1.72 bits per heavy atom. The highest BCUT2D eigenvalue weighted by Crippen LogP contribution is 2.66. The average molecular weight is 553 g/mol. The van der Waals surface area contributed by atoms with Gasteiger partial charge >= 0.3 is 23.9 Å². The van der Waals surface area contributed by atoms with Gasteiger partial charge in [0.1, 0.15) is 18.3 Å². The van der Waals surface area contributed by atoms with Crippen molar-refractivity contribution in [1.29, 1.82) is 0 Å². The zero-order valence-corrected chi connectivity index (χ0v) is 23.6. The first-order valence-corrected chi connectivity index (χ1v) is 13.6. The largest absolute Gasteiger partial charge is 0.462 e. The summed E-state index contributed by atoms with van der Waals surface area (Å²) in [6.45, 7) is 10.7. The third kappa shape index (κ3) is 4.46. The van der Waals surface area contributed by atoms with Crippen LogP contribution in [0.25, 0.3) is 0 Å². The summed E-state index contributed by atoms with van der Waals surface area (Å²) < 4.78 is 29.6. The van der Waals surface area contributed by atoms with Crippen molar-refractivity contribution in [2.45, 2.75) is 128 Å². The van der Waals surface area contributed by atoms with Gasteiger partial charge in [-0.15, -0.1) is 0 Å². The van der Waals surface area contributed by atoms with Crippen LogP contribution in [-0.2, 0) is 42.9 Å². The smallest absolute Gasteiger partial charge is 0.342 e. The lowest BCUT2D eigenvalue weighted by Gasteiger charge is -2.59. The molecule has 0 aromatic rings. The van der Waals surface area contributed by atoms with Gasteiger partial charge in [0.15, 0.2) is 17.3 Å². The lowest BCUT2D eigenvalue weighted by Crippen LogP contribution is -2.72. The molecule has 0 bridgehead atoms. The number of hydrogen-bond donors (Lipinski definition) is 2. The van der Waals surface area contributed by atoms with Gasteiger partial charge in [-0.3, -0.25) is 14.4 Å².